The maximum Gasteiger partial charge on any atom is 0.223 e. The maximum absolute atomic E-state index is 12.7. The first-order valence-corrected chi connectivity index (χ1v) is 11.5. The highest BCUT2D eigenvalue weighted by atomic mass is 16.5. The molecule has 33 heavy (non-hydrogen) atoms. The van der Waals surface area contributed by atoms with Gasteiger partial charge >= 0.3 is 0 Å². The number of benzene rings is 2. The number of aromatic nitrogens is 2. The molecule has 6 nitrogen and oxygen atoms in total. The summed E-state index contributed by atoms with van der Waals surface area (Å²) >= 11 is 0. The molecule has 1 unspecified atom stereocenters. The number of rotatable bonds is 8. The average molecular weight is 448 g/mol. The Kier molecular flexibility index (Phi) is 6.45. The molecule has 0 bridgehead atoms. The molecular weight excluding hydrogens is 414 g/mol. The number of imidazole rings is 1. The van der Waals surface area contributed by atoms with Crippen molar-refractivity contribution in [3.05, 3.63) is 66.5 Å². The zero-order valence-electron chi connectivity index (χ0n) is 20.0. The minimum atomic E-state index is -0.194. The van der Waals surface area contributed by atoms with Gasteiger partial charge in [-0.15, -0.1) is 6.58 Å². The molecule has 1 atom stereocenters. The van der Waals surface area contributed by atoms with Gasteiger partial charge in [0, 0.05) is 24.4 Å². The van der Waals surface area contributed by atoms with Gasteiger partial charge < -0.3 is 18.9 Å². The van der Waals surface area contributed by atoms with Crippen LogP contribution in [-0.2, 0) is 17.8 Å². The number of carbonyl (C=O) groups is 1. The summed E-state index contributed by atoms with van der Waals surface area (Å²) in [4.78, 5) is 19.6. The molecule has 3 aromatic rings. The Bertz CT molecular complexity index is 1160. The van der Waals surface area contributed by atoms with Crippen LogP contribution in [0.25, 0.3) is 11.0 Å². The maximum atomic E-state index is 12.7. The molecular formula is C27H33N3O3. The van der Waals surface area contributed by atoms with Crippen molar-refractivity contribution in [3.8, 4) is 11.5 Å². The van der Waals surface area contributed by atoms with Crippen molar-refractivity contribution in [1.29, 1.82) is 0 Å². The summed E-state index contributed by atoms with van der Waals surface area (Å²) in [7, 11) is 1.65. The summed E-state index contributed by atoms with van der Waals surface area (Å²) in [5.74, 6) is 2.63. The molecule has 1 amide bonds. The fourth-order valence-electron chi connectivity index (χ4n) is 4.54. The van der Waals surface area contributed by atoms with Gasteiger partial charge in [-0.05, 0) is 57.0 Å². The largest absolute Gasteiger partial charge is 0.493 e. The number of likely N-dealkylation sites (tertiary alicyclic amines) is 1. The fourth-order valence-corrected chi connectivity index (χ4v) is 4.54. The molecule has 6 heteroatoms. The van der Waals surface area contributed by atoms with E-state index in [2.05, 4.69) is 38.0 Å². The van der Waals surface area contributed by atoms with Crippen LogP contribution < -0.4 is 9.47 Å². The van der Waals surface area contributed by atoms with Gasteiger partial charge in [0.25, 0.3) is 0 Å². The van der Waals surface area contributed by atoms with Gasteiger partial charge in [-0.25, -0.2) is 4.98 Å². The van der Waals surface area contributed by atoms with E-state index >= 15 is 0 Å². The highest BCUT2D eigenvalue weighted by Crippen LogP contribution is 2.34. The third-order valence-electron chi connectivity index (χ3n) is 6.16. The van der Waals surface area contributed by atoms with Crippen molar-refractivity contribution < 1.29 is 14.3 Å². The molecule has 0 aliphatic carbocycles. The van der Waals surface area contributed by atoms with E-state index in [4.69, 9.17) is 14.5 Å². The van der Waals surface area contributed by atoms with Crippen LogP contribution >= 0.6 is 0 Å². The molecule has 1 aliphatic heterocycles. The van der Waals surface area contributed by atoms with E-state index in [1.807, 2.05) is 47.4 Å². The lowest BCUT2D eigenvalue weighted by molar-refractivity contribution is -0.131. The monoisotopic (exact) mass is 447 g/mol. The van der Waals surface area contributed by atoms with Crippen molar-refractivity contribution in [2.24, 2.45) is 0 Å². The molecule has 4 rings (SSSR count). The second-order valence-corrected chi connectivity index (χ2v) is 9.51. The Hall–Kier alpha value is -3.28. The number of hydrogen-bond acceptors (Lipinski definition) is 4. The van der Waals surface area contributed by atoms with E-state index in [0.717, 1.165) is 28.8 Å². The van der Waals surface area contributed by atoms with Crippen molar-refractivity contribution in [3.63, 3.8) is 0 Å². The predicted molar refractivity (Wildman–Crippen MR) is 131 cm³/mol. The fraction of sp³-hybridized carbons (Fsp3) is 0.407. The van der Waals surface area contributed by atoms with E-state index < -0.39 is 0 Å². The lowest BCUT2D eigenvalue weighted by Crippen LogP contribution is -2.42. The minimum Gasteiger partial charge on any atom is -0.493 e. The molecule has 2 aromatic carbocycles. The number of para-hydroxylation sites is 2. The van der Waals surface area contributed by atoms with Gasteiger partial charge in [0.15, 0.2) is 11.5 Å². The normalized spacial score (nSPS) is 16.4. The minimum absolute atomic E-state index is 0.0665. The molecule has 2 heterocycles. The van der Waals surface area contributed by atoms with Gasteiger partial charge in [0.05, 0.1) is 24.7 Å². The second kappa shape index (κ2) is 9.30. The van der Waals surface area contributed by atoms with E-state index in [9.17, 15) is 4.79 Å². The first kappa shape index (κ1) is 22.9. The van der Waals surface area contributed by atoms with Crippen LogP contribution in [0.4, 0.5) is 0 Å². The number of ether oxygens (including phenoxy) is 2. The highest BCUT2D eigenvalue weighted by molar-refractivity contribution is 5.81. The number of methoxy groups -OCH3 is 1. The summed E-state index contributed by atoms with van der Waals surface area (Å²) in [5, 5.41) is 0. The number of fused-ring (bicyclic) bond motifs is 1. The molecule has 1 fully saturated rings. The predicted octanol–water partition coefficient (Wildman–Crippen LogP) is 4.97. The zero-order valence-corrected chi connectivity index (χ0v) is 20.0. The molecule has 1 aromatic heterocycles. The summed E-state index contributed by atoms with van der Waals surface area (Å²) < 4.78 is 13.9. The van der Waals surface area contributed by atoms with Gasteiger partial charge in [-0.2, -0.15) is 0 Å². The summed E-state index contributed by atoms with van der Waals surface area (Å²) in [6, 6.07) is 14.1. The van der Waals surface area contributed by atoms with Crippen LogP contribution in [0.1, 0.15) is 44.5 Å². The second-order valence-electron chi connectivity index (χ2n) is 9.51. The van der Waals surface area contributed by atoms with E-state index in [1.54, 1.807) is 7.11 Å². The third-order valence-corrected chi connectivity index (χ3v) is 6.16. The van der Waals surface area contributed by atoms with Crippen LogP contribution in [0.3, 0.4) is 0 Å². The summed E-state index contributed by atoms with van der Waals surface area (Å²) in [6.07, 6.45) is 3.14. The van der Waals surface area contributed by atoms with Crippen molar-refractivity contribution in [2.75, 3.05) is 20.3 Å². The van der Waals surface area contributed by atoms with Crippen LogP contribution in [0.5, 0.6) is 11.5 Å². The van der Waals surface area contributed by atoms with E-state index in [-0.39, 0.29) is 17.4 Å². The number of nitrogens with zero attached hydrogens (tertiary/aromatic N) is 3. The Morgan fingerprint density at radius 3 is 2.67 bits per heavy atom. The smallest absolute Gasteiger partial charge is 0.223 e. The van der Waals surface area contributed by atoms with E-state index in [1.165, 1.54) is 0 Å². The third kappa shape index (κ3) is 4.75. The molecule has 0 radical (unpaired) electrons. The molecule has 174 valence electrons. The van der Waals surface area contributed by atoms with Gasteiger partial charge in [-0.3, -0.25) is 4.79 Å². The Labute approximate surface area is 195 Å². The lowest BCUT2D eigenvalue weighted by atomic mass is 10.1. The van der Waals surface area contributed by atoms with Gasteiger partial charge in [0.1, 0.15) is 12.4 Å². The Morgan fingerprint density at radius 2 is 1.97 bits per heavy atom. The van der Waals surface area contributed by atoms with Crippen LogP contribution in [0, 0.1) is 0 Å². The van der Waals surface area contributed by atoms with Crippen molar-refractivity contribution >= 4 is 16.9 Å². The van der Waals surface area contributed by atoms with Crippen LogP contribution in [0.2, 0.25) is 0 Å². The molecule has 1 saturated heterocycles. The quantitative estimate of drug-likeness (QED) is 0.458. The number of amides is 1. The van der Waals surface area contributed by atoms with Crippen molar-refractivity contribution in [2.45, 2.75) is 51.6 Å². The molecule has 1 aliphatic rings. The number of allylic oxidation sites excluding steroid dienone is 1. The Morgan fingerprint density at radius 1 is 1.18 bits per heavy atom. The summed E-state index contributed by atoms with van der Waals surface area (Å²) in [5.41, 5.74) is 2.94. The zero-order chi connectivity index (χ0) is 23.6. The lowest BCUT2D eigenvalue weighted by Gasteiger charge is -2.32. The van der Waals surface area contributed by atoms with Crippen LogP contribution in [0.15, 0.2) is 55.1 Å². The number of hydrogen-bond donors (Lipinski definition) is 0. The molecule has 0 saturated carbocycles. The highest BCUT2D eigenvalue weighted by Gasteiger charge is 2.39. The number of carbonyl (C=O) groups excluding carboxylic acids is 1. The summed E-state index contributed by atoms with van der Waals surface area (Å²) in [6.45, 7) is 11.8. The first-order valence-electron chi connectivity index (χ1n) is 11.5. The SMILES string of the molecule is C=CCc1ccc(OCCn2c(C3CC(=O)N(C(C)(C)C)C3)nc3ccccc32)c(OC)c1. The van der Waals surface area contributed by atoms with E-state index in [0.29, 0.717) is 37.6 Å². The van der Waals surface area contributed by atoms with Gasteiger partial charge in [-0.1, -0.05) is 24.3 Å². The average Bonchev–Trinajstić information content (AvgIpc) is 3.35. The molecule has 0 N–H and O–H groups in total. The standard InChI is InChI=1S/C27H33N3O3/c1-6-9-19-12-13-23(24(16-19)32-5)33-15-14-29-22-11-8-7-10-21(22)28-26(29)20-17-25(31)30(18-20)27(2,3)4/h6-8,10-13,16,20H,1,9,14-15,17-18H2,2-5H3. The van der Waals surface area contributed by atoms with Crippen LogP contribution in [-0.4, -0.2) is 46.2 Å². The Balaban J connectivity index is 1.56. The van der Waals surface area contributed by atoms with Crippen molar-refractivity contribution in [1.82, 2.24) is 14.5 Å². The molecule has 0 spiro atoms. The first-order chi connectivity index (χ1) is 15.8. The topological polar surface area (TPSA) is 56.6 Å². The van der Waals surface area contributed by atoms with Gasteiger partial charge in [0.2, 0.25) is 5.91 Å².